The highest BCUT2D eigenvalue weighted by atomic mass is 32.1. The Morgan fingerprint density at radius 2 is 1.84 bits per heavy atom. The Labute approximate surface area is 221 Å². The minimum absolute atomic E-state index is 0.0261. The second-order valence-electron chi connectivity index (χ2n) is 9.08. The fraction of sp³-hybridized carbons (Fsp3) is 0.172. The molecule has 0 radical (unpaired) electrons. The molecular formula is C29H23N3O5S. The fourth-order valence-electron chi connectivity index (χ4n) is 5.22. The number of thiazole rings is 1. The van der Waals surface area contributed by atoms with Crippen molar-refractivity contribution in [3.8, 4) is 11.5 Å². The number of hydrogen-bond donors (Lipinski definition) is 0. The van der Waals surface area contributed by atoms with Crippen LogP contribution in [0, 0.1) is 10.1 Å². The number of fused-ring (bicyclic) bond motifs is 3. The molecule has 0 fully saturated rings. The summed E-state index contributed by atoms with van der Waals surface area (Å²) in [6.07, 6.45) is 3.31. The number of nitro benzene ring substituents is 1. The molecule has 1 aromatic heterocycles. The summed E-state index contributed by atoms with van der Waals surface area (Å²) in [7, 11) is 3.18. The number of aromatic nitrogens is 1. The zero-order chi connectivity index (χ0) is 26.4. The molecule has 4 aromatic rings. The minimum atomic E-state index is -0.443. The highest BCUT2D eigenvalue weighted by Crippen LogP contribution is 2.42. The third-order valence-corrected chi connectivity index (χ3v) is 7.96. The average molecular weight is 526 g/mol. The maximum absolute atomic E-state index is 13.9. The van der Waals surface area contributed by atoms with Gasteiger partial charge in [-0.15, -0.1) is 0 Å². The van der Waals surface area contributed by atoms with Gasteiger partial charge >= 0.3 is 0 Å². The van der Waals surface area contributed by atoms with E-state index in [1.807, 2.05) is 30.3 Å². The van der Waals surface area contributed by atoms with Crippen molar-refractivity contribution < 1.29 is 14.4 Å². The molecule has 2 heterocycles. The summed E-state index contributed by atoms with van der Waals surface area (Å²) in [6, 6.07) is 19.9. The first-order valence-electron chi connectivity index (χ1n) is 12.1. The van der Waals surface area contributed by atoms with Gasteiger partial charge in [-0.2, -0.15) is 0 Å². The number of benzene rings is 3. The summed E-state index contributed by atoms with van der Waals surface area (Å²) in [6.45, 7) is 0. The van der Waals surface area contributed by atoms with Gasteiger partial charge in [0.05, 0.1) is 35.4 Å². The molecule has 1 aliphatic carbocycles. The van der Waals surface area contributed by atoms with Crippen LogP contribution in [-0.4, -0.2) is 23.7 Å². The van der Waals surface area contributed by atoms with Crippen molar-refractivity contribution in [3.05, 3.63) is 124 Å². The zero-order valence-corrected chi connectivity index (χ0v) is 21.5. The lowest BCUT2D eigenvalue weighted by molar-refractivity contribution is -0.384. The van der Waals surface area contributed by atoms with Gasteiger partial charge in [0, 0.05) is 17.7 Å². The van der Waals surface area contributed by atoms with Gasteiger partial charge in [-0.25, -0.2) is 4.99 Å². The maximum atomic E-state index is 13.9. The molecule has 0 unspecified atom stereocenters. The second kappa shape index (κ2) is 9.42. The van der Waals surface area contributed by atoms with Crippen LogP contribution in [0.3, 0.4) is 0 Å². The fourth-order valence-corrected chi connectivity index (χ4v) is 6.23. The molecule has 0 saturated carbocycles. The molecule has 1 atom stereocenters. The summed E-state index contributed by atoms with van der Waals surface area (Å²) >= 11 is 1.29. The second-order valence-corrected chi connectivity index (χ2v) is 10.1. The molecule has 0 saturated heterocycles. The Morgan fingerprint density at radius 3 is 2.63 bits per heavy atom. The lowest BCUT2D eigenvalue weighted by Gasteiger charge is -2.31. The molecule has 38 heavy (non-hydrogen) atoms. The van der Waals surface area contributed by atoms with E-state index in [2.05, 4.69) is 12.1 Å². The Kier molecular flexibility index (Phi) is 5.92. The Bertz CT molecular complexity index is 1820. The number of nitrogens with zero attached hydrogens (tertiary/aromatic N) is 3. The predicted molar refractivity (Wildman–Crippen MR) is 145 cm³/mol. The quantitative estimate of drug-likeness (QED) is 0.287. The molecule has 190 valence electrons. The summed E-state index contributed by atoms with van der Waals surface area (Å²) in [5.74, 6) is 1.19. The molecule has 3 aromatic carbocycles. The average Bonchev–Trinajstić information content (AvgIpc) is 3.25. The van der Waals surface area contributed by atoms with E-state index >= 15 is 0 Å². The van der Waals surface area contributed by atoms with Crippen LogP contribution in [0.2, 0.25) is 0 Å². The van der Waals surface area contributed by atoms with Gasteiger partial charge in [0.2, 0.25) is 0 Å². The zero-order valence-electron chi connectivity index (χ0n) is 20.7. The predicted octanol–water partition coefficient (Wildman–Crippen LogP) is 4.24. The van der Waals surface area contributed by atoms with Crippen molar-refractivity contribution in [1.29, 1.82) is 0 Å². The molecule has 0 amide bonds. The summed E-state index contributed by atoms with van der Waals surface area (Å²) in [5, 5.41) is 11.3. The first-order chi connectivity index (χ1) is 18.5. The molecule has 8 nitrogen and oxygen atoms in total. The number of nitro groups is 1. The van der Waals surface area contributed by atoms with Crippen LogP contribution >= 0.6 is 11.3 Å². The van der Waals surface area contributed by atoms with Crippen LogP contribution in [0.25, 0.3) is 11.8 Å². The normalized spacial score (nSPS) is 16.3. The van der Waals surface area contributed by atoms with Crippen molar-refractivity contribution in [2.24, 2.45) is 4.99 Å². The van der Waals surface area contributed by atoms with Gasteiger partial charge in [-0.05, 0) is 53.3 Å². The largest absolute Gasteiger partial charge is 0.493 e. The number of ether oxygens (including phenoxy) is 2. The van der Waals surface area contributed by atoms with E-state index in [0.717, 1.165) is 35.2 Å². The van der Waals surface area contributed by atoms with E-state index in [-0.39, 0.29) is 17.3 Å². The van der Waals surface area contributed by atoms with Crippen molar-refractivity contribution in [2.45, 2.75) is 18.9 Å². The van der Waals surface area contributed by atoms with E-state index in [9.17, 15) is 14.9 Å². The molecule has 9 heteroatoms. The number of non-ortho nitro benzene ring substituents is 1. The molecule has 2 aliphatic rings. The van der Waals surface area contributed by atoms with E-state index in [1.165, 1.54) is 29.0 Å². The van der Waals surface area contributed by atoms with Crippen molar-refractivity contribution in [1.82, 2.24) is 4.57 Å². The maximum Gasteiger partial charge on any atom is 0.271 e. The van der Waals surface area contributed by atoms with Crippen LogP contribution in [-0.2, 0) is 6.42 Å². The third-order valence-electron chi connectivity index (χ3n) is 6.98. The highest BCUT2D eigenvalue weighted by molar-refractivity contribution is 7.07. The van der Waals surface area contributed by atoms with Crippen molar-refractivity contribution in [2.75, 3.05) is 14.2 Å². The van der Waals surface area contributed by atoms with Gasteiger partial charge in [0.15, 0.2) is 16.3 Å². The number of methoxy groups -OCH3 is 2. The summed E-state index contributed by atoms with van der Waals surface area (Å²) in [4.78, 5) is 30.3. The van der Waals surface area contributed by atoms with Gasteiger partial charge < -0.3 is 9.47 Å². The lowest BCUT2D eigenvalue weighted by atomic mass is 9.83. The SMILES string of the molecule is COc1ccc([C@H]2C3=C(N=c4s/c(=C\c5cccc([N+](=O)[O-])c5)c(=O)n42)c2ccccc2CC3)cc1OC. The molecule has 1 aliphatic heterocycles. The lowest BCUT2D eigenvalue weighted by Crippen LogP contribution is -2.38. The topological polar surface area (TPSA) is 96.0 Å². The number of rotatable bonds is 5. The van der Waals surface area contributed by atoms with Crippen molar-refractivity contribution >= 4 is 28.8 Å². The van der Waals surface area contributed by atoms with Crippen LogP contribution in [0.4, 0.5) is 5.69 Å². The summed E-state index contributed by atoms with van der Waals surface area (Å²) < 4.78 is 13.2. The molecule has 0 N–H and O–H groups in total. The minimum Gasteiger partial charge on any atom is -0.493 e. The van der Waals surface area contributed by atoms with Crippen LogP contribution in [0.5, 0.6) is 11.5 Å². The van der Waals surface area contributed by atoms with Crippen LogP contribution in [0.1, 0.15) is 34.7 Å². The van der Waals surface area contributed by atoms with Crippen molar-refractivity contribution in [3.63, 3.8) is 0 Å². The van der Waals surface area contributed by atoms with Gasteiger partial charge in [0.25, 0.3) is 11.2 Å². The molecule has 0 bridgehead atoms. The van der Waals surface area contributed by atoms with Gasteiger partial charge in [0.1, 0.15) is 0 Å². The first-order valence-corrected chi connectivity index (χ1v) is 12.9. The summed E-state index contributed by atoms with van der Waals surface area (Å²) in [5.41, 5.74) is 5.55. The molecular weight excluding hydrogens is 502 g/mol. The molecule has 0 spiro atoms. The standard InChI is InChI=1S/C29H23N3O5S/c1-36-23-13-11-19(16-24(23)37-2)27-22-12-10-18-7-3-4-9-21(18)26(22)30-29-31(27)28(33)25(38-29)15-17-6-5-8-20(14-17)32(34)35/h3-9,11,13-16,27H,10,12H2,1-2H3/b25-15-/t27-/m0/s1. The van der Waals surface area contributed by atoms with E-state index < -0.39 is 4.92 Å². The monoisotopic (exact) mass is 525 g/mol. The van der Waals surface area contributed by atoms with E-state index in [0.29, 0.717) is 26.4 Å². The first kappa shape index (κ1) is 23.9. The smallest absolute Gasteiger partial charge is 0.271 e. The van der Waals surface area contributed by atoms with E-state index in [1.54, 1.807) is 37.0 Å². The van der Waals surface area contributed by atoms with Gasteiger partial charge in [-0.1, -0.05) is 53.8 Å². The van der Waals surface area contributed by atoms with Gasteiger partial charge in [-0.3, -0.25) is 19.5 Å². The Hall–Kier alpha value is -4.50. The highest BCUT2D eigenvalue weighted by Gasteiger charge is 2.33. The Balaban J connectivity index is 1.61. The Morgan fingerprint density at radius 1 is 1.03 bits per heavy atom. The third kappa shape index (κ3) is 3.92. The van der Waals surface area contributed by atoms with Crippen LogP contribution in [0.15, 0.2) is 82.1 Å². The number of hydrogen-bond acceptors (Lipinski definition) is 7. The molecule has 6 rings (SSSR count). The van der Waals surface area contributed by atoms with E-state index in [4.69, 9.17) is 14.5 Å². The number of aryl methyl sites for hydroxylation is 1. The van der Waals surface area contributed by atoms with Crippen LogP contribution < -0.4 is 24.4 Å². The number of allylic oxidation sites excluding steroid dienone is 1.